The number of hydrogen-bond donors (Lipinski definition) is 3. The highest BCUT2D eigenvalue weighted by Gasteiger charge is 2.42. The zero-order valence-corrected chi connectivity index (χ0v) is 62.6. The van der Waals surface area contributed by atoms with Gasteiger partial charge in [0.25, 0.3) is 30.1 Å². The summed E-state index contributed by atoms with van der Waals surface area (Å²) in [6.45, 7) is 12.3. The van der Waals surface area contributed by atoms with Gasteiger partial charge >= 0.3 is 0 Å². The van der Waals surface area contributed by atoms with Crippen LogP contribution in [0.2, 0.25) is 5.02 Å². The Labute approximate surface area is 632 Å². The molecule has 3 N–H and O–H groups in total. The lowest BCUT2D eigenvalue weighted by molar-refractivity contribution is -0.123. The molecule has 104 heavy (non-hydrogen) atoms. The average Bonchev–Trinajstić information content (AvgIpc) is 1.70. The number of thiazole rings is 3. The van der Waals surface area contributed by atoms with E-state index in [2.05, 4.69) is 78.7 Å². The van der Waals surface area contributed by atoms with Gasteiger partial charge in [-0.3, -0.25) is 48.1 Å². The molecule has 3 amide bonds. The largest absolute Gasteiger partial charge is 0.497 e. The van der Waals surface area contributed by atoms with Crippen molar-refractivity contribution in [3.63, 3.8) is 0 Å². The van der Waals surface area contributed by atoms with Crippen molar-refractivity contribution in [1.29, 1.82) is 0 Å². The van der Waals surface area contributed by atoms with E-state index in [1.165, 1.54) is 106 Å². The first-order chi connectivity index (χ1) is 50.2. The number of aromatic nitrogens is 3. The summed E-state index contributed by atoms with van der Waals surface area (Å²) < 4.78 is 101. The summed E-state index contributed by atoms with van der Waals surface area (Å²) in [5.41, 5.74) is 6.54. The molecule has 560 valence electrons. The summed E-state index contributed by atoms with van der Waals surface area (Å²) in [6, 6.07) is 39.5. The number of benzene rings is 6. The maximum atomic E-state index is 13.3. The number of methoxy groups -OCH3 is 1. The number of nitrogens with one attached hydrogen (secondary N) is 3. The van der Waals surface area contributed by atoms with Crippen molar-refractivity contribution in [3.05, 3.63) is 202 Å². The molecule has 0 bridgehead atoms. The molecular formula is C72H92ClFN14O10S6. The number of halogens is 2. The van der Waals surface area contributed by atoms with Crippen LogP contribution in [-0.2, 0) is 57.4 Å². The molecule has 5 saturated heterocycles. The number of carbonyl (C=O) groups excluding carboxylic acids is 3. The second kappa shape index (κ2) is 32.5. The van der Waals surface area contributed by atoms with Gasteiger partial charge in [0, 0.05) is 153 Å². The van der Waals surface area contributed by atoms with Gasteiger partial charge in [-0.15, -0.1) is 34.0 Å². The summed E-state index contributed by atoms with van der Waals surface area (Å²) in [6.07, 6.45) is 8.74. The van der Waals surface area contributed by atoms with Crippen LogP contribution in [0.4, 0.5) is 42.5 Å². The molecule has 9 aromatic rings. The van der Waals surface area contributed by atoms with Crippen LogP contribution in [0.1, 0.15) is 65.3 Å². The smallest absolute Gasteiger partial charge is 0.263 e. The minimum atomic E-state index is -3.74. The van der Waals surface area contributed by atoms with Gasteiger partial charge in [0.15, 0.2) is 15.4 Å². The third-order valence-electron chi connectivity index (χ3n) is 19.5. The summed E-state index contributed by atoms with van der Waals surface area (Å²) >= 11 is 10.1. The molecule has 0 radical (unpaired) electrons. The zero-order chi connectivity index (χ0) is 72.7. The van der Waals surface area contributed by atoms with Gasteiger partial charge in [-0.2, -0.15) is 0 Å². The third kappa shape index (κ3) is 17.1. The van der Waals surface area contributed by atoms with E-state index in [4.69, 9.17) is 16.3 Å². The molecule has 15 rings (SSSR count). The van der Waals surface area contributed by atoms with Gasteiger partial charge in [-0.1, -0.05) is 48.0 Å². The first-order valence-corrected chi connectivity index (χ1v) is 41.5. The van der Waals surface area contributed by atoms with Gasteiger partial charge < -0.3 is 24.3 Å². The Kier molecular flexibility index (Phi) is 23.1. The first-order valence-electron chi connectivity index (χ1n) is 34.1. The molecule has 0 spiro atoms. The van der Waals surface area contributed by atoms with Crippen molar-refractivity contribution >= 4 is 132 Å². The van der Waals surface area contributed by atoms with Crippen LogP contribution in [-0.4, -0.2) is 181 Å². The molecule has 2 unspecified atom stereocenters. The summed E-state index contributed by atoms with van der Waals surface area (Å²) in [7, 11) is -9.51. The summed E-state index contributed by atoms with van der Waals surface area (Å²) in [4.78, 5) is 68.8. The first kappa shape index (κ1) is 73.8. The number of carbonyl (C=O) groups is 3. The van der Waals surface area contributed by atoms with Crippen molar-refractivity contribution in [2.24, 2.45) is 0 Å². The number of sulfonamides is 3. The third-order valence-corrected chi connectivity index (χ3v) is 26.3. The number of fused-ring (bicyclic) bond motifs is 1. The Bertz CT molecular complexity index is 4830. The number of nitrogens with zero attached hydrogens (tertiary/aromatic N) is 11. The van der Waals surface area contributed by atoms with E-state index in [1.807, 2.05) is 36.4 Å². The normalized spacial score (nSPS) is 19.6. The number of hydrogen-bond acceptors (Lipinski definition) is 21. The number of anilines is 7. The summed E-state index contributed by atoms with van der Waals surface area (Å²) in [5.74, 6) is 0.765. The summed E-state index contributed by atoms with van der Waals surface area (Å²) in [5, 5.41) is 6.72. The fourth-order valence-electron chi connectivity index (χ4n) is 14.1. The van der Waals surface area contributed by atoms with E-state index >= 15 is 0 Å². The Morgan fingerprint density at radius 1 is 0.538 bits per heavy atom. The van der Waals surface area contributed by atoms with Crippen molar-refractivity contribution in [3.8, 4) is 5.75 Å². The molecule has 32 heteroatoms. The number of para-hydroxylation sites is 1. The van der Waals surface area contributed by atoms with E-state index < -0.39 is 30.1 Å². The van der Waals surface area contributed by atoms with E-state index in [9.17, 15) is 44.0 Å². The van der Waals surface area contributed by atoms with Crippen molar-refractivity contribution in [1.82, 2.24) is 34.6 Å². The lowest BCUT2D eigenvalue weighted by Crippen LogP contribution is -2.52. The number of aryl methyl sites for hydroxylation is 1. The maximum Gasteiger partial charge on any atom is 0.263 e. The molecular weight excluding hydrogens is 1470 g/mol. The van der Waals surface area contributed by atoms with E-state index in [1.54, 1.807) is 80.5 Å². The Hall–Kier alpha value is -8.47. The van der Waals surface area contributed by atoms with E-state index in [0.29, 0.717) is 63.5 Å². The van der Waals surface area contributed by atoms with Gasteiger partial charge in [0.2, 0.25) is 17.7 Å². The molecule has 24 nitrogen and oxygen atoms in total. The predicted molar refractivity (Wildman–Crippen MR) is 420 cm³/mol. The topological polar surface area (TPSA) is 264 Å². The SMILES string of the molecule is COc1cccc(CN2CCN(C3CCN(c4ccc(S(=O)(=O)Nc5nccs5)cc4)C3=O)CC2)c1.C[C@@H](c1ccc(F)cc1)N1CCN(C2CCN(c3ccc(S(=O)(=O)Nc4nccs4)cc3)C2=O)CC1.O=C1[C@H](N2CCCc3cccc(Cl)c32)CCN1c1ccc(S(=O)(=O)Nc2nccs2)cc1.[HH].[HH].[HH].[HH].[HH].[HH].[HH]. The predicted octanol–water partition coefficient (Wildman–Crippen LogP) is 12.3. The lowest BCUT2D eigenvalue weighted by atomic mass is 9.99. The van der Waals surface area contributed by atoms with Crippen molar-refractivity contribution < 1.29 is 58.8 Å². The van der Waals surface area contributed by atoms with Crippen molar-refractivity contribution in [2.75, 3.05) is 119 Å². The number of piperazine rings is 2. The minimum absolute atomic E-state index is 0. The molecule has 0 saturated carbocycles. The molecule has 0 aliphatic carbocycles. The average molecular weight is 1560 g/mol. The monoisotopic (exact) mass is 1560 g/mol. The van der Waals surface area contributed by atoms with Gasteiger partial charge in [0.05, 0.1) is 44.6 Å². The molecule has 9 heterocycles. The van der Waals surface area contributed by atoms with Crippen LogP contribution in [0.25, 0.3) is 0 Å². The van der Waals surface area contributed by atoms with Crippen LogP contribution in [0.3, 0.4) is 0 Å². The van der Waals surface area contributed by atoms with Crippen LogP contribution in [0.15, 0.2) is 189 Å². The maximum absolute atomic E-state index is 13.3. The van der Waals surface area contributed by atoms with Crippen LogP contribution >= 0.6 is 45.6 Å². The molecule has 3 aromatic heterocycles. The van der Waals surface area contributed by atoms with Crippen LogP contribution < -0.4 is 38.5 Å². The second-order valence-electron chi connectivity index (χ2n) is 25.7. The lowest BCUT2D eigenvalue weighted by Gasteiger charge is -2.40. The minimum Gasteiger partial charge on any atom is -0.497 e. The standard InChI is InChI=1S/C25H28FN5O3S2.C25H29N5O4S2.C22H21ClN4O3S2.7H2/c1-18(19-2-4-20(26)5-3-19)29-13-15-30(16-14-29)23-10-12-31(24(23)32)21-6-8-22(9-7-21)36(33,34)28-25-27-11-17-35-25;1-34-21-4-2-3-19(17-21)18-28-12-14-29(15-13-28)23-9-11-30(24(23)31)20-5-7-22(8-6-20)36(32,33)27-25-26-10-16-35-25;23-18-5-1-3-15-4-2-12-27(20(15)18)19-10-13-26(21(19)28)16-6-8-17(9-7-16)32(29,30)25-22-24-11-14-31-22;;;;;;;/h2-9,11,17-18,23H,10,12-16H2,1H3,(H,27,28);2-8,10,16-17,23H,9,11-15,18H2,1H3,(H,26,27);1,3,5-9,11,14,19H,2,4,10,12-13H2,(H,24,25);7*1H/t18-,23?;;19-;;;;;;;/m0.1......./s1. The molecule has 5 fully saturated rings. The fourth-order valence-corrected chi connectivity index (χ4v) is 19.8. The molecule has 6 aromatic carbocycles. The van der Waals surface area contributed by atoms with E-state index in [0.717, 1.165) is 108 Å². The Morgan fingerprint density at radius 2 is 0.971 bits per heavy atom. The number of ether oxygens (including phenoxy) is 1. The fraction of sp³-hybridized carbons (Fsp3) is 0.333. The quantitative estimate of drug-likeness (QED) is 0.0640. The second-order valence-corrected chi connectivity index (χ2v) is 33.8. The zero-order valence-electron chi connectivity index (χ0n) is 57.0. The highest BCUT2D eigenvalue weighted by molar-refractivity contribution is 7.93. The Balaban J connectivity index is 0.000000252. The number of rotatable bonds is 20. The molecule has 4 atom stereocenters. The van der Waals surface area contributed by atoms with Gasteiger partial charge in [0.1, 0.15) is 17.6 Å². The van der Waals surface area contributed by atoms with Crippen LogP contribution in [0.5, 0.6) is 5.75 Å². The highest BCUT2D eigenvalue weighted by Crippen LogP contribution is 2.39. The van der Waals surface area contributed by atoms with Gasteiger partial charge in [-0.25, -0.2) is 44.6 Å². The molecule has 6 aliphatic heterocycles. The molecule has 6 aliphatic rings. The van der Waals surface area contributed by atoms with Crippen LogP contribution in [0, 0.1) is 5.82 Å². The Morgan fingerprint density at radius 3 is 1.41 bits per heavy atom. The number of amides is 3. The van der Waals surface area contributed by atoms with Gasteiger partial charge in [-0.05, 0) is 159 Å². The van der Waals surface area contributed by atoms with E-state index in [-0.39, 0.29) is 72.4 Å². The van der Waals surface area contributed by atoms with Crippen molar-refractivity contribution in [2.45, 2.75) is 84.4 Å². The highest BCUT2D eigenvalue weighted by atomic mass is 35.5.